The molecule has 6 heteroatoms. The predicted octanol–water partition coefficient (Wildman–Crippen LogP) is 3.14. The first kappa shape index (κ1) is 15.6. The highest BCUT2D eigenvalue weighted by atomic mass is 79.9. The van der Waals surface area contributed by atoms with Crippen molar-refractivity contribution in [3.63, 3.8) is 0 Å². The van der Waals surface area contributed by atoms with Gasteiger partial charge >= 0.3 is 5.97 Å². The van der Waals surface area contributed by atoms with Crippen molar-refractivity contribution in [1.29, 1.82) is 0 Å². The number of hydrogen-bond donors (Lipinski definition) is 0. The molecule has 0 unspecified atom stereocenters. The Labute approximate surface area is 131 Å². The van der Waals surface area contributed by atoms with E-state index in [0.717, 1.165) is 15.4 Å². The summed E-state index contributed by atoms with van der Waals surface area (Å²) in [6, 6.07) is 5.59. The first-order valence-corrected chi connectivity index (χ1v) is 7.24. The lowest BCUT2D eigenvalue weighted by atomic mass is 10.1. The maximum Gasteiger partial charge on any atom is 0.307 e. The van der Waals surface area contributed by atoms with Crippen LogP contribution in [0.1, 0.15) is 22.5 Å². The molecule has 2 aromatic rings. The number of amides is 1. The van der Waals surface area contributed by atoms with Gasteiger partial charge in [-0.1, -0.05) is 15.9 Å². The van der Waals surface area contributed by atoms with Crippen LogP contribution < -0.4 is 0 Å². The van der Waals surface area contributed by atoms with Gasteiger partial charge in [0, 0.05) is 29.0 Å². The van der Waals surface area contributed by atoms with E-state index in [4.69, 9.17) is 4.42 Å². The molecule has 0 saturated heterocycles. The highest BCUT2D eigenvalue weighted by Gasteiger charge is 2.21. The van der Waals surface area contributed by atoms with Crippen LogP contribution in [-0.2, 0) is 9.53 Å². The van der Waals surface area contributed by atoms with Crippen molar-refractivity contribution in [2.75, 3.05) is 20.7 Å². The lowest BCUT2D eigenvalue weighted by Gasteiger charge is -2.15. The highest BCUT2D eigenvalue weighted by molar-refractivity contribution is 9.10. The van der Waals surface area contributed by atoms with Gasteiger partial charge in [0.2, 0.25) is 0 Å². The Morgan fingerprint density at radius 3 is 2.76 bits per heavy atom. The Morgan fingerprint density at radius 2 is 2.10 bits per heavy atom. The number of hydrogen-bond acceptors (Lipinski definition) is 4. The van der Waals surface area contributed by atoms with Crippen molar-refractivity contribution in [3.05, 3.63) is 34.0 Å². The van der Waals surface area contributed by atoms with Gasteiger partial charge < -0.3 is 14.1 Å². The summed E-state index contributed by atoms with van der Waals surface area (Å²) in [7, 11) is 2.96. The third-order valence-electron chi connectivity index (χ3n) is 3.32. The molecule has 0 aliphatic heterocycles. The Kier molecular flexibility index (Phi) is 4.67. The number of carbonyl (C=O) groups excluding carboxylic acids is 2. The molecule has 0 fully saturated rings. The van der Waals surface area contributed by atoms with Crippen molar-refractivity contribution in [2.45, 2.75) is 13.3 Å². The number of fused-ring (bicyclic) bond motifs is 1. The second kappa shape index (κ2) is 6.30. The fourth-order valence-electron chi connectivity index (χ4n) is 2.03. The zero-order valence-electron chi connectivity index (χ0n) is 12.1. The summed E-state index contributed by atoms with van der Waals surface area (Å²) < 4.78 is 11.1. The molecule has 0 atom stereocenters. The summed E-state index contributed by atoms with van der Waals surface area (Å²) in [5.41, 5.74) is 1.46. The van der Waals surface area contributed by atoms with Gasteiger partial charge in [0.25, 0.3) is 5.91 Å². The zero-order valence-corrected chi connectivity index (χ0v) is 13.7. The smallest absolute Gasteiger partial charge is 0.307 e. The fraction of sp³-hybridized carbons (Fsp3) is 0.333. The molecule has 112 valence electrons. The fourth-order valence-corrected chi connectivity index (χ4v) is 2.39. The van der Waals surface area contributed by atoms with Crippen molar-refractivity contribution < 1.29 is 18.7 Å². The molecule has 5 nitrogen and oxygen atoms in total. The average Bonchev–Trinajstić information content (AvgIpc) is 2.80. The van der Waals surface area contributed by atoms with Crippen LogP contribution >= 0.6 is 15.9 Å². The summed E-state index contributed by atoms with van der Waals surface area (Å²) in [5, 5.41) is 0.897. The zero-order chi connectivity index (χ0) is 15.6. The van der Waals surface area contributed by atoms with Gasteiger partial charge in [-0.05, 0) is 25.1 Å². The van der Waals surface area contributed by atoms with E-state index in [2.05, 4.69) is 20.7 Å². The number of esters is 1. The van der Waals surface area contributed by atoms with E-state index in [1.165, 1.54) is 12.0 Å². The normalized spacial score (nSPS) is 10.7. The number of ether oxygens (including phenoxy) is 1. The topological polar surface area (TPSA) is 59.8 Å². The Bertz CT molecular complexity index is 692. The number of rotatable bonds is 4. The van der Waals surface area contributed by atoms with Gasteiger partial charge in [-0.25, -0.2) is 0 Å². The van der Waals surface area contributed by atoms with E-state index in [0.29, 0.717) is 11.3 Å². The molecular formula is C15H16BrNO4. The number of nitrogens with zero attached hydrogens (tertiary/aromatic N) is 1. The van der Waals surface area contributed by atoms with Crippen molar-refractivity contribution in [1.82, 2.24) is 4.90 Å². The van der Waals surface area contributed by atoms with Gasteiger partial charge in [-0.15, -0.1) is 0 Å². The highest BCUT2D eigenvalue weighted by Crippen LogP contribution is 2.28. The second-order valence-corrected chi connectivity index (χ2v) is 5.67. The lowest BCUT2D eigenvalue weighted by molar-refractivity contribution is -0.140. The van der Waals surface area contributed by atoms with Crippen LogP contribution in [0.2, 0.25) is 0 Å². The van der Waals surface area contributed by atoms with E-state index in [-0.39, 0.29) is 24.8 Å². The molecule has 21 heavy (non-hydrogen) atoms. The monoisotopic (exact) mass is 353 g/mol. The van der Waals surface area contributed by atoms with Crippen LogP contribution in [0.3, 0.4) is 0 Å². The van der Waals surface area contributed by atoms with Crippen molar-refractivity contribution in [3.8, 4) is 0 Å². The summed E-state index contributed by atoms with van der Waals surface area (Å²) in [4.78, 5) is 25.0. The molecule has 1 amide bonds. The van der Waals surface area contributed by atoms with E-state index >= 15 is 0 Å². The number of benzene rings is 1. The van der Waals surface area contributed by atoms with E-state index in [1.54, 1.807) is 7.05 Å². The molecule has 0 saturated carbocycles. The summed E-state index contributed by atoms with van der Waals surface area (Å²) in [6.07, 6.45) is 0.156. The Balaban J connectivity index is 2.23. The standard InChI is InChI=1S/C15H16BrNO4/c1-9-11-8-10(16)4-5-12(11)21-14(9)15(19)17(2)7-6-13(18)20-3/h4-5,8H,6-7H2,1-3H3. The molecule has 0 aliphatic rings. The third kappa shape index (κ3) is 3.26. The number of aryl methyl sites for hydroxylation is 1. The number of halogens is 1. The lowest BCUT2D eigenvalue weighted by Crippen LogP contribution is -2.29. The minimum atomic E-state index is -0.347. The third-order valence-corrected chi connectivity index (χ3v) is 3.81. The molecule has 0 bridgehead atoms. The van der Waals surface area contributed by atoms with Gasteiger partial charge in [0.1, 0.15) is 5.58 Å². The number of carbonyl (C=O) groups is 2. The quantitative estimate of drug-likeness (QED) is 0.792. The molecule has 0 spiro atoms. The number of methoxy groups -OCH3 is 1. The summed E-state index contributed by atoms with van der Waals surface area (Å²) >= 11 is 3.40. The van der Waals surface area contributed by atoms with Crippen LogP contribution in [-0.4, -0.2) is 37.5 Å². The molecule has 2 rings (SSSR count). The molecule has 0 radical (unpaired) electrons. The van der Waals surface area contributed by atoms with Crippen molar-refractivity contribution >= 4 is 38.8 Å². The molecule has 0 aliphatic carbocycles. The Hall–Kier alpha value is -1.82. The van der Waals surface area contributed by atoms with E-state index in [1.807, 2.05) is 25.1 Å². The van der Waals surface area contributed by atoms with Gasteiger partial charge in [0.15, 0.2) is 5.76 Å². The van der Waals surface area contributed by atoms with E-state index in [9.17, 15) is 9.59 Å². The molecule has 1 aromatic carbocycles. The Morgan fingerprint density at radius 1 is 1.38 bits per heavy atom. The molecular weight excluding hydrogens is 338 g/mol. The van der Waals surface area contributed by atoms with Crippen LogP contribution in [0.25, 0.3) is 11.0 Å². The van der Waals surface area contributed by atoms with Crippen LogP contribution in [0.15, 0.2) is 27.1 Å². The van der Waals surface area contributed by atoms with Crippen LogP contribution in [0.4, 0.5) is 0 Å². The van der Waals surface area contributed by atoms with Gasteiger partial charge in [0.05, 0.1) is 13.5 Å². The van der Waals surface area contributed by atoms with Gasteiger partial charge in [-0.3, -0.25) is 9.59 Å². The first-order valence-electron chi connectivity index (χ1n) is 6.45. The van der Waals surface area contributed by atoms with Crippen molar-refractivity contribution in [2.24, 2.45) is 0 Å². The predicted molar refractivity (Wildman–Crippen MR) is 82.2 cm³/mol. The molecule has 1 heterocycles. The van der Waals surface area contributed by atoms with Crippen LogP contribution in [0.5, 0.6) is 0 Å². The first-order chi connectivity index (χ1) is 9.93. The largest absolute Gasteiger partial charge is 0.469 e. The minimum absolute atomic E-state index is 0.156. The SMILES string of the molecule is COC(=O)CCN(C)C(=O)c1oc2ccc(Br)cc2c1C. The van der Waals surface area contributed by atoms with Crippen LogP contribution in [0, 0.1) is 6.92 Å². The maximum atomic E-state index is 12.4. The van der Waals surface area contributed by atoms with E-state index < -0.39 is 0 Å². The number of furan rings is 1. The minimum Gasteiger partial charge on any atom is -0.469 e. The summed E-state index contributed by atoms with van der Waals surface area (Å²) in [5.74, 6) is -0.293. The molecule has 1 aromatic heterocycles. The average molecular weight is 354 g/mol. The van der Waals surface area contributed by atoms with Gasteiger partial charge in [-0.2, -0.15) is 0 Å². The second-order valence-electron chi connectivity index (χ2n) is 4.75. The maximum absolute atomic E-state index is 12.4. The molecule has 0 N–H and O–H groups in total. The summed E-state index contributed by atoms with van der Waals surface area (Å²) in [6.45, 7) is 2.13.